The van der Waals surface area contributed by atoms with Crippen molar-refractivity contribution >= 4 is 37.7 Å². The molecule has 0 bridgehead atoms. The zero-order chi connectivity index (χ0) is 2.71. The molecule has 0 aliphatic carbocycles. The third kappa shape index (κ3) is 37.8. The fourth-order valence-corrected chi connectivity index (χ4v) is 0. The van der Waals surface area contributed by atoms with Crippen LogP contribution in [0.4, 0.5) is 0 Å². The third-order valence-electron chi connectivity index (χ3n) is 0. The van der Waals surface area contributed by atoms with Gasteiger partial charge in [0.05, 0.1) is 0 Å². The van der Waals surface area contributed by atoms with Gasteiger partial charge in [0.1, 0.15) is 0 Å². The summed E-state index contributed by atoms with van der Waals surface area (Å²) in [6, 6.07) is 0. The second kappa shape index (κ2) is 19.1. The van der Waals surface area contributed by atoms with Crippen LogP contribution in [0, 0.1) is 11.5 Å². The fourth-order valence-electron chi connectivity index (χ4n) is 0. The molecule has 0 fully saturated rings. The van der Waals surface area contributed by atoms with Gasteiger partial charge >= 0.3 is 37.7 Å². The summed E-state index contributed by atoms with van der Waals surface area (Å²) in [6.07, 6.45) is 1.25. The Kier molecular flexibility index (Phi) is 62.6. The summed E-state index contributed by atoms with van der Waals surface area (Å²) in [5.74, 6) is 0. The molecule has 0 aromatic carbocycles. The topological polar surface area (TPSA) is 49.8 Å². The average molecular weight is 150 g/mol. The smallest absolute Gasteiger partial charge is 0 e. The van der Waals surface area contributed by atoms with Gasteiger partial charge in [0.25, 0.3) is 0 Å². The van der Waals surface area contributed by atoms with Gasteiger partial charge in [0.15, 0.2) is 6.19 Å². The van der Waals surface area contributed by atoms with Gasteiger partial charge in [0, 0.05) is 19.5 Å². The minimum absolute atomic E-state index is 0. The summed E-state index contributed by atoms with van der Waals surface area (Å²) >= 11 is 0. The van der Waals surface area contributed by atoms with Crippen molar-refractivity contribution < 1.29 is 19.5 Å². The van der Waals surface area contributed by atoms with Gasteiger partial charge in [-0.05, 0) is 0 Å². The van der Waals surface area contributed by atoms with Gasteiger partial charge in [0.2, 0.25) is 0 Å². The van der Waals surface area contributed by atoms with Crippen LogP contribution in [-0.2, 0) is 19.5 Å². The van der Waals surface area contributed by atoms with E-state index in [1.165, 1.54) is 6.19 Å². The zero-order valence-electron chi connectivity index (χ0n) is 2.23. The van der Waals surface area contributed by atoms with E-state index in [-0.39, 0.29) is 57.2 Å². The van der Waals surface area contributed by atoms with Crippen LogP contribution in [0.2, 0.25) is 0 Å². The fraction of sp³-hybridized carbons (Fsp3) is 0. The molecule has 0 saturated carbocycles. The van der Waals surface area contributed by atoms with Crippen LogP contribution < -0.4 is 5.73 Å². The Bertz CT molecular complexity index is 31.1. The monoisotopic (exact) mass is 148 g/mol. The molecule has 4 heteroatoms. The van der Waals surface area contributed by atoms with E-state index in [0.29, 0.717) is 0 Å². The molecule has 2 nitrogen and oxygen atoms in total. The SMILES string of the molecule is N#CN.[CaH2].[Zn]. The molecular formula is CH4CaN2Zn. The molecule has 0 radical (unpaired) electrons. The van der Waals surface area contributed by atoms with Gasteiger partial charge in [-0.1, -0.05) is 0 Å². The van der Waals surface area contributed by atoms with Crippen LogP contribution in [0.25, 0.3) is 0 Å². The second-order valence-electron chi connectivity index (χ2n) is 0.129. The largest absolute Gasteiger partial charge is 0 e. The maximum atomic E-state index is 7.10. The summed E-state index contributed by atoms with van der Waals surface area (Å²) < 4.78 is 0. The van der Waals surface area contributed by atoms with Gasteiger partial charge in [-0.25, -0.2) is 0 Å². The first-order valence-electron chi connectivity index (χ1n) is 0.512. The van der Waals surface area contributed by atoms with Crippen LogP contribution in [0.1, 0.15) is 0 Å². The van der Waals surface area contributed by atoms with E-state index in [4.69, 9.17) is 5.26 Å². The van der Waals surface area contributed by atoms with Crippen molar-refractivity contribution in [3.05, 3.63) is 0 Å². The average Bonchev–Trinajstić information content (AvgIpc) is 0.918. The summed E-state index contributed by atoms with van der Waals surface area (Å²) in [7, 11) is 0. The summed E-state index contributed by atoms with van der Waals surface area (Å²) in [5.41, 5.74) is 4.15. The Morgan fingerprint density at radius 1 is 1.60 bits per heavy atom. The second-order valence-corrected chi connectivity index (χ2v) is 0.129. The van der Waals surface area contributed by atoms with Gasteiger partial charge in [-0.3, -0.25) is 0 Å². The van der Waals surface area contributed by atoms with Crippen LogP contribution in [0.15, 0.2) is 0 Å². The Morgan fingerprint density at radius 2 is 1.60 bits per heavy atom. The van der Waals surface area contributed by atoms with Crippen LogP contribution in [0.5, 0.6) is 0 Å². The molecule has 0 aliphatic heterocycles. The van der Waals surface area contributed by atoms with E-state index >= 15 is 0 Å². The maximum Gasteiger partial charge on any atom is 0 e. The maximum absolute atomic E-state index is 7.10. The van der Waals surface area contributed by atoms with E-state index in [1.54, 1.807) is 0 Å². The van der Waals surface area contributed by atoms with Gasteiger partial charge < -0.3 is 5.73 Å². The Balaban J connectivity index is -0.0000000200. The van der Waals surface area contributed by atoms with Crippen LogP contribution >= 0.6 is 0 Å². The molecule has 0 atom stereocenters. The summed E-state index contributed by atoms with van der Waals surface area (Å²) in [6.45, 7) is 0. The summed E-state index contributed by atoms with van der Waals surface area (Å²) in [5, 5.41) is 7.10. The van der Waals surface area contributed by atoms with Crippen molar-refractivity contribution in [1.82, 2.24) is 0 Å². The first-order valence-corrected chi connectivity index (χ1v) is 0.512. The standard InChI is InChI=1S/CH2N2.Ca.Zn.2H/c2-1-3;;;;/h2H2;;;;. The number of rotatable bonds is 0. The molecule has 5 heavy (non-hydrogen) atoms. The summed E-state index contributed by atoms with van der Waals surface area (Å²) in [4.78, 5) is 0. The number of hydrogen-bond donors (Lipinski definition) is 1. The normalized spacial score (nSPS) is 1.40. The molecule has 0 aliphatic rings. The van der Waals surface area contributed by atoms with Gasteiger partial charge in [-0.15, -0.1) is 0 Å². The molecule has 0 aromatic heterocycles. The number of nitriles is 1. The molecule has 0 aromatic rings. The first kappa shape index (κ1) is 16.4. The molecule has 0 unspecified atom stereocenters. The minimum atomic E-state index is 0. The van der Waals surface area contributed by atoms with Crippen molar-refractivity contribution in [1.29, 1.82) is 5.26 Å². The third-order valence-corrected chi connectivity index (χ3v) is 0. The quantitative estimate of drug-likeness (QED) is 0.259. The van der Waals surface area contributed by atoms with Crippen LogP contribution in [-0.4, -0.2) is 37.7 Å². The number of hydrogen-bond acceptors (Lipinski definition) is 2. The molecule has 0 heterocycles. The molecule has 22 valence electrons. The van der Waals surface area contributed by atoms with Crippen molar-refractivity contribution in [2.45, 2.75) is 0 Å². The molecule has 2 N–H and O–H groups in total. The zero-order valence-corrected chi connectivity index (χ0v) is 5.20. The Morgan fingerprint density at radius 3 is 1.60 bits per heavy atom. The predicted molar refractivity (Wildman–Crippen MR) is 18.3 cm³/mol. The van der Waals surface area contributed by atoms with E-state index in [9.17, 15) is 0 Å². The first-order chi connectivity index (χ1) is 1.41. The van der Waals surface area contributed by atoms with E-state index in [1.807, 2.05) is 0 Å². The number of nitrogens with zero attached hydrogens (tertiary/aromatic N) is 1. The molecular weight excluding hydrogens is 145 g/mol. The van der Waals surface area contributed by atoms with E-state index in [0.717, 1.165) is 0 Å². The van der Waals surface area contributed by atoms with Gasteiger partial charge in [-0.2, -0.15) is 5.26 Å². The Labute approximate surface area is 73.5 Å². The van der Waals surface area contributed by atoms with E-state index in [2.05, 4.69) is 5.73 Å². The van der Waals surface area contributed by atoms with E-state index < -0.39 is 0 Å². The number of nitrogens with two attached hydrogens (primary N) is 1. The Hall–Kier alpha value is 1.17. The minimum Gasteiger partial charge on any atom is 0 e. The van der Waals surface area contributed by atoms with Crippen LogP contribution in [0.3, 0.4) is 0 Å². The molecule has 0 spiro atoms. The van der Waals surface area contributed by atoms with Crippen molar-refractivity contribution in [2.75, 3.05) is 0 Å². The van der Waals surface area contributed by atoms with Crippen molar-refractivity contribution in [2.24, 2.45) is 5.73 Å². The van der Waals surface area contributed by atoms with Crippen molar-refractivity contribution in [3.8, 4) is 6.19 Å². The molecule has 0 saturated heterocycles. The molecule has 0 rings (SSSR count). The van der Waals surface area contributed by atoms with Crippen molar-refractivity contribution in [3.63, 3.8) is 0 Å². The molecule has 0 amide bonds. The predicted octanol–water partition coefficient (Wildman–Crippen LogP) is -1.49.